The van der Waals surface area contributed by atoms with Crippen molar-refractivity contribution in [2.24, 2.45) is 4.99 Å². The molecule has 0 saturated heterocycles. The zero-order chi connectivity index (χ0) is 19.3. The van der Waals surface area contributed by atoms with Crippen molar-refractivity contribution in [3.8, 4) is 11.5 Å². The number of nitrogens with one attached hydrogen (secondary N) is 2. The molecular weight excluding hydrogens is 351 g/mol. The highest BCUT2D eigenvalue weighted by atomic mass is 19.4. The van der Waals surface area contributed by atoms with Gasteiger partial charge in [-0.05, 0) is 37.6 Å². The highest BCUT2D eigenvalue weighted by molar-refractivity contribution is 5.79. The lowest BCUT2D eigenvalue weighted by molar-refractivity contribution is -0.173. The van der Waals surface area contributed by atoms with Crippen molar-refractivity contribution in [2.75, 3.05) is 46.6 Å². The second-order valence-corrected chi connectivity index (χ2v) is 5.23. The average Bonchev–Trinajstić information content (AvgIpc) is 2.61. The molecule has 0 unspecified atom stereocenters. The largest absolute Gasteiger partial charge is 0.497 e. The van der Waals surface area contributed by atoms with Gasteiger partial charge in [0.25, 0.3) is 0 Å². The molecule has 6 nitrogen and oxygen atoms in total. The Hall–Kier alpha value is -2.16. The Morgan fingerprint density at radius 3 is 2.38 bits per heavy atom. The number of alkyl halides is 3. The predicted octanol–water partition coefficient (Wildman–Crippen LogP) is 2.60. The summed E-state index contributed by atoms with van der Waals surface area (Å²) >= 11 is 0. The molecule has 148 valence electrons. The number of rotatable bonds is 11. The summed E-state index contributed by atoms with van der Waals surface area (Å²) < 4.78 is 51.0. The normalized spacial score (nSPS) is 12.0. The molecule has 0 spiro atoms. The van der Waals surface area contributed by atoms with Gasteiger partial charge in [-0.25, -0.2) is 0 Å². The van der Waals surface area contributed by atoms with E-state index in [9.17, 15) is 13.2 Å². The summed E-state index contributed by atoms with van der Waals surface area (Å²) in [5, 5.41) is 6.15. The molecule has 0 heterocycles. The van der Waals surface area contributed by atoms with E-state index in [1.807, 2.05) is 31.2 Å². The van der Waals surface area contributed by atoms with Crippen molar-refractivity contribution >= 4 is 5.96 Å². The number of guanidine groups is 1. The third-order valence-electron chi connectivity index (χ3n) is 3.05. The summed E-state index contributed by atoms with van der Waals surface area (Å²) in [4.78, 5) is 4.28. The van der Waals surface area contributed by atoms with Gasteiger partial charge in [-0.2, -0.15) is 13.2 Å². The van der Waals surface area contributed by atoms with Crippen LogP contribution in [0.2, 0.25) is 0 Å². The van der Waals surface area contributed by atoms with Gasteiger partial charge in [-0.3, -0.25) is 4.99 Å². The molecule has 0 aromatic heterocycles. The minimum absolute atomic E-state index is 0.0169. The van der Waals surface area contributed by atoms with Crippen molar-refractivity contribution in [1.29, 1.82) is 0 Å². The van der Waals surface area contributed by atoms with Crippen LogP contribution in [-0.2, 0) is 4.74 Å². The van der Waals surface area contributed by atoms with E-state index in [0.29, 0.717) is 38.6 Å². The Morgan fingerprint density at radius 2 is 1.77 bits per heavy atom. The minimum Gasteiger partial charge on any atom is -0.497 e. The van der Waals surface area contributed by atoms with Gasteiger partial charge in [-0.15, -0.1) is 0 Å². The zero-order valence-electron chi connectivity index (χ0n) is 15.1. The van der Waals surface area contributed by atoms with Gasteiger partial charge in [0.15, 0.2) is 5.96 Å². The van der Waals surface area contributed by atoms with Crippen LogP contribution in [0, 0.1) is 0 Å². The van der Waals surface area contributed by atoms with Crippen molar-refractivity contribution in [2.45, 2.75) is 19.5 Å². The molecule has 0 aliphatic rings. The molecule has 0 radical (unpaired) electrons. The number of halogens is 3. The molecule has 0 fully saturated rings. The number of methoxy groups -OCH3 is 1. The lowest BCUT2D eigenvalue weighted by atomic mass is 10.3. The first kappa shape index (κ1) is 21.9. The van der Waals surface area contributed by atoms with Crippen molar-refractivity contribution < 1.29 is 27.4 Å². The summed E-state index contributed by atoms with van der Waals surface area (Å²) in [6, 6.07) is 7.27. The first-order valence-electron chi connectivity index (χ1n) is 8.38. The Balaban J connectivity index is 2.22. The molecule has 0 atom stereocenters. The first-order chi connectivity index (χ1) is 12.4. The maximum Gasteiger partial charge on any atom is 0.411 e. The Morgan fingerprint density at radius 1 is 1.08 bits per heavy atom. The molecule has 1 rings (SSSR count). The van der Waals surface area contributed by atoms with Gasteiger partial charge in [0, 0.05) is 19.7 Å². The van der Waals surface area contributed by atoms with E-state index < -0.39 is 12.8 Å². The summed E-state index contributed by atoms with van der Waals surface area (Å²) in [5.41, 5.74) is 0. The van der Waals surface area contributed by atoms with E-state index in [1.54, 1.807) is 7.11 Å². The second-order valence-electron chi connectivity index (χ2n) is 5.23. The van der Waals surface area contributed by atoms with E-state index in [4.69, 9.17) is 9.47 Å². The molecule has 0 bridgehead atoms. The average molecular weight is 377 g/mol. The van der Waals surface area contributed by atoms with Crippen LogP contribution in [0.1, 0.15) is 13.3 Å². The van der Waals surface area contributed by atoms with Crippen LogP contribution in [0.3, 0.4) is 0 Å². The van der Waals surface area contributed by atoms with Crippen LogP contribution >= 0.6 is 0 Å². The highest BCUT2D eigenvalue weighted by Gasteiger charge is 2.27. The van der Waals surface area contributed by atoms with Gasteiger partial charge in [0.1, 0.15) is 24.7 Å². The molecule has 0 amide bonds. The maximum absolute atomic E-state index is 11.9. The standard InChI is InChI=1S/C17H26F3N3O3/c1-3-21-16(22-9-4-11-25-13-17(18,19)20)23-10-12-26-15-7-5-14(24-2)6-8-15/h5-8H,3-4,9-13H2,1-2H3,(H2,21,22,23). The van der Waals surface area contributed by atoms with Gasteiger partial charge in [0.2, 0.25) is 0 Å². The Bertz CT molecular complexity index is 522. The highest BCUT2D eigenvalue weighted by Crippen LogP contribution is 2.16. The lowest BCUT2D eigenvalue weighted by Crippen LogP contribution is -2.39. The minimum atomic E-state index is -4.29. The smallest absolute Gasteiger partial charge is 0.411 e. The number of aliphatic imine (C=N–C) groups is 1. The summed E-state index contributed by atoms with van der Waals surface area (Å²) in [6.45, 7) is 2.73. The van der Waals surface area contributed by atoms with Crippen LogP contribution in [-0.4, -0.2) is 58.7 Å². The zero-order valence-corrected chi connectivity index (χ0v) is 15.1. The molecule has 9 heteroatoms. The molecule has 0 aliphatic carbocycles. The van der Waals surface area contributed by atoms with E-state index >= 15 is 0 Å². The van der Waals surface area contributed by atoms with E-state index in [1.165, 1.54) is 0 Å². The fourth-order valence-electron chi connectivity index (χ4n) is 1.90. The van der Waals surface area contributed by atoms with Gasteiger partial charge in [-0.1, -0.05) is 0 Å². The number of hydrogen-bond donors (Lipinski definition) is 2. The fourth-order valence-corrected chi connectivity index (χ4v) is 1.90. The van der Waals surface area contributed by atoms with E-state index in [0.717, 1.165) is 11.5 Å². The molecule has 1 aromatic carbocycles. The third kappa shape index (κ3) is 10.7. The SMILES string of the molecule is CCNC(=NCCCOCC(F)(F)F)NCCOc1ccc(OC)cc1. The fraction of sp³-hybridized carbons (Fsp3) is 0.588. The van der Waals surface area contributed by atoms with E-state index in [2.05, 4.69) is 20.4 Å². The van der Waals surface area contributed by atoms with Gasteiger partial charge >= 0.3 is 6.18 Å². The number of ether oxygens (including phenoxy) is 3. The molecular formula is C17H26F3N3O3. The first-order valence-corrected chi connectivity index (χ1v) is 8.38. The number of hydrogen-bond acceptors (Lipinski definition) is 4. The second kappa shape index (κ2) is 12.2. The van der Waals surface area contributed by atoms with Crippen molar-refractivity contribution in [3.05, 3.63) is 24.3 Å². The maximum atomic E-state index is 11.9. The summed E-state index contributed by atoms with van der Waals surface area (Å²) in [5.74, 6) is 2.08. The van der Waals surface area contributed by atoms with Crippen molar-refractivity contribution in [1.82, 2.24) is 10.6 Å². The van der Waals surface area contributed by atoms with E-state index in [-0.39, 0.29) is 6.61 Å². The topological polar surface area (TPSA) is 64.1 Å². The van der Waals surface area contributed by atoms with Gasteiger partial charge < -0.3 is 24.8 Å². The van der Waals surface area contributed by atoms with Crippen molar-refractivity contribution in [3.63, 3.8) is 0 Å². The Labute approximate surface area is 151 Å². The number of benzene rings is 1. The van der Waals surface area contributed by atoms with Gasteiger partial charge in [0.05, 0.1) is 13.7 Å². The molecule has 1 aromatic rings. The quantitative estimate of drug-likeness (QED) is 0.353. The Kier molecular flexibility index (Phi) is 10.3. The summed E-state index contributed by atoms with van der Waals surface area (Å²) in [7, 11) is 1.60. The monoisotopic (exact) mass is 377 g/mol. The molecule has 2 N–H and O–H groups in total. The van der Waals surface area contributed by atoms with Crippen LogP contribution in [0.5, 0.6) is 11.5 Å². The number of nitrogens with zero attached hydrogens (tertiary/aromatic N) is 1. The van der Waals surface area contributed by atoms with Crippen LogP contribution in [0.4, 0.5) is 13.2 Å². The predicted molar refractivity (Wildman–Crippen MR) is 94.0 cm³/mol. The third-order valence-corrected chi connectivity index (χ3v) is 3.05. The molecule has 0 saturated carbocycles. The summed E-state index contributed by atoms with van der Waals surface area (Å²) in [6.07, 6.45) is -3.88. The molecule has 26 heavy (non-hydrogen) atoms. The lowest BCUT2D eigenvalue weighted by Gasteiger charge is -2.12. The van der Waals surface area contributed by atoms with Crippen LogP contribution in [0.15, 0.2) is 29.3 Å². The van der Waals surface area contributed by atoms with Crippen LogP contribution in [0.25, 0.3) is 0 Å². The van der Waals surface area contributed by atoms with Crippen LogP contribution < -0.4 is 20.1 Å². The molecule has 0 aliphatic heterocycles.